The smallest absolute Gasteiger partial charge is 0.422 e. The molecule has 10 nitrogen and oxygen atoms in total. The van der Waals surface area contributed by atoms with Gasteiger partial charge in [-0.15, -0.1) is 0 Å². The molecular weight excluding hydrogens is 531 g/mol. The molecule has 2 aromatic heterocycles. The monoisotopic (exact) mass is 559 g/mol. The average molecular weight is 560 g/mol. The van der Waals surface area contributed by atoms with E-state index < -0.39 is 30.2 Å². The van der Waals surface area contributed by atoms with Crippen LogP contribution in [0.25, 0.3) is 5.82 Å². The van der Waals surface area contributed by atoms with Gasteiger partial charge in [0.15, 0.2) is 12.4 Å². The highest BCUT2D eigenvalue weighted by Crippen LogP contribution is 2.34. The molecule has 1 saturated carbocycles. The standard InChI is InChI=1S/C27H28F3N5O5/c1-16-5-6-21(31-13-16)35-23(25(37)32-14-26(38)8-9-26)22-20(34-35)11-17(33-24(22)36)7-10-39-18-3-2-4-19(12-18)40-15-27(28,29)30/h2-6,12-13,17,38H,7-11,14-15H2,1H3,(H,32,37)(H,33,36). The van der Waals surface area contributed by atoms with Crippen molar-refractivity contribution in [1.82, 2.24) is 25.4 Å². The number of hydrogen-bond donors (Lipinski definition) is 3. The van der Waals surface area contributed by atoms with Gasteiger partial charge >= 0.3 is 6.18 Å². The van der Waals surface area contributed by atoms with Gasteiger partial charge in [-0.05, 0) is 43.5 Å². The van der Waals surface area contributed by atoms with E-state index in [1.165, 1.54) is 22.9 Å². The zero-order valence-corrected chi connectivity index (χ0v) is 21.6. The Morgan fingerprint density at radius 1 is 1.23 bits per heavy atom. The van der Waals surface area contributed by atoms with Crippen molar-refractivity contribution in [2.45, 2.75) is 50.4 Å². The number of pyridine rings is 1. The summed E-state index contributed by atoms with van der Waals surface area (Å²) in [7, 11) is 0. The second-order valence-corrected chi connectivity index (χ2v) is 10.1. The van der Waals surface area contributed by atoms with E-state index in [-0.39, 0.29) is 36.2 Å². The summed E-state index contributed by atoms with van der Waals surface area (Å²) in [5, 5.41) is 20.3. The van der Waals surface area contributed by atoms with Crippen molar-refractivity contribution in [3.63, 3.8) is 0 Å². The van der Waals surface area contributed by atoms with Gasteiger partial charge in [0.1, 0.15) is 17.2 Å². The predicted octanol–water partition coefficient (Wildman–Crippen LogP) is 2.90. The summed E-state index contributed by atoms with van der Waals surface area (Å²) in [6, 6.07) is 9.05. The highest BCUT2D eigenvalue weighted by molar-refractivity contribution is 6.08. The van der Waals surface area contributed by atoms with E-state index in [9.17, 15) is 27.9 Å². The number of benzene rings is 1. The second-order valence-electron chi connectivity index (χ2n) is 10.1. The molecule has 5 rings (SSSR count). The third-order valence-electron chi connectivity index (χ3n) is 6.64. The fourth-order valence-corrected chi connectivity index (χ4v) is 4.31. The van der Waals surface area contributed by atoms with Crippen LogP contribution in [0, 0.1) is 6.92 Å². The Labute approximate surface area is 227 Å². The third-order valence-corrected chi connectivity index (χ3v) is 6.64. The summed E-state index contributed by atoms with van der Waals surface area (Å²) >= 11 is 0. The number of alkyl halides is 3. The lowest BCUT2D eigenvalue weighted by Crippen LogP contribution is -2.43. The minimum Gasteiger partial charge on any atom is -0.493 e. The number of aryl methyl sites for hydroxylation is 1. The van der Waals surface area contributed by atoms with Crippen LogP contribution < -0.4 is 20.1 Å². The Morgan fingerprint density at radius 2 is 1.98 bits per heavy atom. The van der Waals surface area contributed by atoms with Gasteiger partial charge in [-0.25, -0.2) is 9.67 Å². The van der Waals surface area contributed by atoms with Crippen molar-refractivity contribution in [3.8, 4) is 17.3 Å². The summed E-state index contributed by atoms with van der Waals surface area (Å²) < 4.78 is 49.1. The van der Waals surface area contributed by atoms with Gasteiger partial charge in [-0.3, -0.25) is 9.59 Å². The number of nitrogens with one attached hydrogen (secondary N) is 2. The van der Waals surface area contributed by atoms with Crippen LogP contribution in [0.3, 0.4) is 0 Å². The largest absolute Gasteiger partial charge is 0.493 e. The van der Waals surface area contributed by atoms with Crippen molar-refractivity contribution in [1.29, 1.82) is 0 Å². The average Bonchev–Trinajstić information content (AvgIpc) is 3.51. The van der Waals surface area contributed by atoms with Crippen molar-refractivity contribution >= 4 is 11.8 Å². The first kappa shape index (κ1) is 27.4. The molecule has 3 heterocycles. The number of nitrogens with zero attached hydrogens (tertiary/aromatic N) is 3. The summed E-state index contributed by atoms with van der Waals surface area (Å²) in [6.07, 6.45) is -0.923. The predicted molar refractivity (Wildman–Crippen MR) is 136 cm³/mol. The Balaban J connectivity index is 1.28. The molecule has 0 radical (unpaired) electrons. The molecule has 0 bridgehead atoms. The molecule has 0 saturated heterocycles. The maximum absolute atomic E-state index is 13.2. The Hall–Kier alpha value is -4.13. The highest BCUT2D eigenvalue weighted by atomic mass is 19.4. The summed E-state index contributed by atoms with van der Waals surface area (Å²) in [4.78, 5) is 30.8. The van der Waals surface area contributed by atoms with Crippen LogP contribution in [0.2, 0.25) is 0 Å². The first-order valence-electron chi connectivity index (χ1n) is 12.8. The fourth-order valence-electron chi connectivity index (χ4n) is 4.31. The van der Waals surface area contributed by atoms with E-state index in [1.807, 2.05) is 13.0 Å². The number of aliphatic hydroxyl groups is 1. The highest BCUT2D eigenvalue weighted by Gasteiger charge is 2.41. The number of rotatable bonds is 10. The first-order chi connectivity index (χ1) is 19.0. The van der Waals surface area contributed by atoms with Crippen molar-refractivity contribution in [2.75, 3.05) is 19.8 Å². The van der Waals surface area contributed by atoms with Crippen molar-refractivity contribution in [2.24, 2.45) is 0 Å². The van der Waals surface area contributed by atoms with Gasteiger partial charge < -0.3 is 25.2 Å². The van der Waals surface area contributed by atoms with E-state index in [2.05, 4.69) is 20.7 Å². The number of carbonyl (C=O) groups is 2. The Kier molecular flexibility index (Phi) is 7.41. The van der Waals surface area contributed by atoms with Gasteiger partial charge in [0.25, 0.3) is 11.8 Å². The number of aromatic nitrogens is 3. The Bertz CT molecular complexity index is 1400. The lowest BCUT2D eigenvalue weighted by atomic mass is 9.98. The van der Waals surface area contributed by atoms with Crippen LogP contribution in [0.5, 0.6) is 11.5 Å². The van der Waals surface area contributed by atoms with Crippen molar-refractivity contribution in [3.05, 3.63) is 65.1 Å². The number of ether oxygens (including phenoxy) is 2. The fraction of sp³-hybridized carbons (Fsp3) is 0.407. The third kappa shape index (κ3) is 6.53. The molecule has 13 heteroatoms. The van der Waals surface area contributed by atoms with Crippen LogP contribution in [-0.2, 0) is 6.42 Å². The molecule has 2 amide bonds. The minimum absolute atomic E-state index is 0.0281. The number of amides is 2. The van der Waals surface area contributed by atoms with E-state index in [4.69, 9.17) is 9.47 Å². The topological polar surface area (TPSA) is 128 Å². The second kappa shape index (κ2) is 10.8. The zero-order valence-electron chi connectivity index (χ0n) is 21.6. The molecule has 1 aliphatic heterocycles. The SMILES string of the molecule is Cc1ccc(-n2nc3c(c2C(=O)NCC2(O)CC2)C(=O)NC(CCOc2cccc(OCC(F)(F)F)c2)C3)nc1. The quantitative estimate of drug-likeness (QED) is 0.349. The number of fused-ring (bicyclic) bond motifs is 1. The molecule has 3 aromatic rings. The molecule has 1 unspecified atom stereocenters. The summed E-state index contributed by atoms with van der Waals surface area (Å²) in [6.45, 7) is 0.700. The number of halogens is 3. The molecule has 1 aliphatic carbocycles. The number of hydrogen-bond acceptors (Lipinski definition) is 7. The molecular formula is C27H28F3N5O5. The van der Waals surface area contributed by atoms with Crippen LogP contribution >= 0.6 is 0 Å². The summed E-state index contributed by atoms with van der Waals surface area (Å²) in [5.74, 6) is -0.284. The van der Waals surface area contributed by atoms with E-state index >= 15 is 0 Å². The Morgan fingerprint density at radius 3 is 2.65 bits per heavy atom. The lowest BCUT2D eigenvalue weighted by Gasteiger charge is -2.23. The zero-order chi connectivity index (χ0) is 28.5. The molecule has 1 atom stereocenters. The molecule has 1 aromatic carbocycles. The van der Waals surface area contributed by atoms with Crippen molar-refractivity contribution < 1.29 is 37.3 Å². The van der Waals surface area contributed by atoms with Crippen LogP contribution in [0.1, 0.15) is 51.4 Å². The van der Waals surface area contributed by atoms with Crippen LogP contribution in [0.4, 0.5) is 13.2 Å². The van der Waals surface area contributed by atoms with Gasteiger partial charge in [0.2, 0.25) is 0 Å². The molecule has 1 fully saturated rings. The molecule has 3 N–H and O–H groups in total. The molecule has 212 valence electrons. The maximum Gasteiger partial charge on any atom is 0.422 e. The van der Waals surface area contributed by atoms with Gasteiger partial charge in [-0.2, -0.15) is 18.3 Å². The van der Waals surface area contributed by atoms with E-state index in [0.717, 1.165) is 5.56 Å². The molecule has 40 heavy (non-hydrogen) atoms. The lowest BCUT2D eigenvalue weighted by molar-refractivity contribution is -0.153. The normalized spacial score (nSPS) is 17.5. The molecule has 0 spiro atoms. The summed E-state index contributed by atoms with van der Waals surface area (Å²) in [5.41, 5.74) is 0.611. The molecule has 2 aliphatic rings. The number of carbonyl (C=O) groups excluding carboxylic acids is 2. The van der Waals surface area contributed by atoms with Gasteiger partial charge in [0, 0.05) is 37.7 Å². The van der Waals surface area contributed by atoms with E-state index in [0.29, 0.717) is 42.9 Å². The maximum atomic E-state index is 13.2. The minimum atomic E-state index is -4.45. The van der Waals surface area contributed by atoms with Gasteiger partial charge in [-0.1, -0.05) is 12.1 Å². The van der Waals surface area contributed by atoms with Crippen LogP contribution in [-0.4, -0.2) is 69.3 Å². The van der Waals surface area contributed by atoms with E-state index in [1.54, 1.807) is 18.3 Å². The van der Waals surface area contributed by atoms with Gasteiger partial charge in [0.05, 0.1) is 23.5 Å². The van der Waals surface area contributed by atoms with Crippen LogP contribution in [0.15, 0.2) is 42.6 Å². The first-order valence-corrected chi connectivity index (χ1v) is 12.8.